The first-order chi connectivity index (χ1) is 11.1. The van der Waals surface area contributed by atoms with Gasteiger partial charge >= 0.3 is 0 Å². The van der Waals surface area contributed by atoms with Gasteiger partial charge in [-0.3, -0.25) is 10.1 Å². The van der Waals surface area contributed by atoms with Crippen LogP contribution in [0.1, 0.15) is 17.2 Å². The Bertz CT molecular complexity index is 727. The predicted octanol–water partition coefficient (Wildman–Crippen LogP) is 1.37. The number of nitrogens with one attached hydrogen (secondary N) is 1. The minimum Gasteiger partial charge on any atom is -0.394 e. The molecule has 2 atom stereocenters. The zero-order valence-corrected chi connectivity index (χ0v) is 12.0. The van der Waals surface area contributed by atoms with Gasteiger partial charge in [-0.15, -0.1) is 0 Å². The minimum atomic E-state index is -1.13. The lowest BCUT2D eigenvalue weighted by Crippen LogP contribution is -2.32. The fourth-order valence-electron chi connectivity index (χ4n) is 2.04. The number of nitro benzene ring substituents is 1. The average molecular weight is 314 g/mol. The van der Waals surface area contributed by atoms with Gasteiger partial charge in [0.05, 0.1) is 23.1 Å². The highest BCUT2D eigenvalue weighted by atomic mass is 16.6. The standard InChI is InChI=1S/C15H14N4O4/c16-8-11-2-1-7-17-15(11)18-13(9-20)14(21)10-3-5-12(6-4-10)19(22)23/h1-7,13-14,20-21H,9H2,(H,17,18). The Morgan fingerprint density at radius 1 is 1.35 bits per heavy atom. The van der Waals surface area contributed by atoms with Crippen molar-refractivity contribution in [2.24, 2.45) is 0 Å². The molecule has 2 rings (SSSR count). The van der Waals surface area contributed by atoms with Crippen molar-refractivity contribution in [3.05, 3.63) is 63.8 Å². The Balaban J connectivity index is 2.19. The Kier molecular flexibility index (Phi) is 5.19. The maximum absolute atomic E-state index is 10.6. The maximum atomic E-state index is 10.6. The van der Waals surface area contributed by atoms with Crippen molar-refractivity contribution in [2.45, 2.75) is 12.1 Å². The second-order valence-electron chi connectivity index (χ2n) is 4.74. The molecule has 1 aromatic heterocycles. The van der Waals surface area contributed by atoms with Crippen LogP contribution in [0.4, 0.5) is 11.5 Å². The number of rotatable bonds is 6. The molecule has 118 valence electrons. The number of anilines is 1. The van der Waals surface area contributed by atoms with Gasteiger partial charge in [0.2, 0.25) is 0 Å². The Morgan fingerprint density at radius 3 is 2.61 bits per heavy atom. The van der Waals surface area contributed by atoms with Gasteiger partial charge in [-0.2, -0.15) is 5.26 Å². The minimum absolute atomic E-state index is 0.0917. The second kappa shape index (κ2) is 7.31. The topological polar surface area (TPSA) is 132 Å². The number of nitrogens with zero attached hydrogens (tertiary/aromatic N) is 3. The molecule has 2 unspecified atom stereocenters. The van der Waals surface area contributed by atoms with E-state index in [1.165, 1.54) is 30.5 Å². The highest BCUT2D eigenvalue weighted by Crippen LogP contribution is 2.23. The number of nitriles is 1. The first kappa shape index (κ1) is 16.4. The molecular formula is C15H14N4O4. The smallest absolute Gasteiger partial charge is 0.269 e. The van der Waals surface area contributed by atoms with Crippen molar-refractivity contribution in [1.29, 1.82) is 5.26 Å². The van der Waals surface area contributed by atoms with E-state index in [9.17, 15) is 20.3 Å². The van der Waals surface area contributed by atoms with Gasteiger partial charge in [0.15, 0.2) is 0 Å². The van der Waals surface area contributed by atoms with Crippen LogP contribution in [0.15, 0.2) is 42.6 Å². The van der Waals surface area contributed by atoms with Crippen molar-refractivity contribution in [2.75, 3.05) is 11.9 Å². The number of aliphatic hydroxyl groups is 2. The van der Waals surface area contributed by atoms with Gasteiger partial charge in [-0.05, 0) is 29.8 Å². The van der Waals surface area contributed by atoms with E-state index in [4.69, 9.17) is 5.26 Å². The summed E-state index contributed by atoms with van der Waals surface area (Å²) in [6.45, 7) is -0.417. The normalized spacial score (nSPS) is 12.9. The zero-order valence-electron chi connectivity index (χ0n) is 12.0. The van der Waals surface area contributed by atoms with E-state index in [-0.39, 0.29) is 17.1 Å². The van der Waals surface area contributed by atoms with Gasteiger partial charge in [-0.25, -0.2) is 4.98 Å². The van der Waals surface area contributed by atoms with Crippen molar-refractivity contribution < 1.29 is 15.1 Å². The zero-order chi connectivity index (χ0) is 16.8. The molecule has 0 aliphatic carbocycles. The monoisotopic (exact) mass is 314 g/mol. The highest BCUT2D eigenvalue weighted by molar-refractivity contribution is 5.52. The summed E-state index contributed by atoms with van der Waals surface area (Å²) in [4.78, 5) is 14.1. The van der Waals surface area contributed by atoms with Crippen LogP contribution in [0.25, 0.3) is 0 Å². The molecule has 0 saturated heterocycles. The van der Waals surface area contributed by atoms with E-state index in [1.807, 2.05) is 6.07 Å². The molecule has 0 amide bonds. The molecule has 2 aromatic rings. The molecule has 3 N–H and O–H groups in total. The van der Waals surface area contributed by atoms with Crippen LogP contribution >= 0.6 is 0 Å². The molecule has 0 spiro atoms. The van der Waals surface area contributed by atoms with Gasteiger partial charge in [0, 0.05) is 18.3 Å². The molecule has 0 bridgehead atoms. The third-order valence-corrected chi connectivity index (χ3v) is 3.27. The van der Waals surface area contributed by atoms with Crippen LogP contribution in [0.3, 0.4) is 0 Å². The number of pyridine rings is 1. The molecule has 1 aromatic carbocycles. The van der Waals surface area contributed by atoms with E-state index < -0.39 is 23.7 Å². The predicted molar refractivity (Wildman–Crippen MR) is 81.5 cm³/mol. The fraction of sp³-hybridized carbons (Fsp3) is 0.200. The number of hydrogen-bond acceptors (Lipinski definition) is 7. The van der Waals surface area contributed by atoms with Crippen LogP contribution in [0.2, 0.25) is 0 Å². The van der Waals surface area contributed by atoms with Crippen LogP contribution in [-0.2, 0) is 0 Å². The van der Waals surface area contributed by atoms with Crippen molar-refractivity contribution in [3.63, 3.8) is 0 Å². The van der Waals surface area contributed by atoms with Gasteiger partial charge in [0.25, 0.3) is 5.69 Å². The van der Waals surface area contributed by atoms with Gasteiger partial charge in [-0.1, -0.05) is 0 Å². The van der Waals surface area contributed by atoms with E-state index in [1.54, 1.807) is 12.1 Å². The highest BCUT2D eigenvalue weighted by Gasteiger charge is 2.22. The van der Waals surface area contributed by atoms with Gasteiger partial charge < -0.3 is 15.5 Å². The number of benzene rings is 1. The van der Waals surface area contributed by atoms with E-state index >= 15 is 0 Å². The summed E-state index contributed by atoms with van der Waals surface area (Å²) in [6.07, 6.45) is 0.352. The van der Waals surface area contributed by atoms with E-state index in [0.717, 1.165) is 0 Å². The van der Waals surface area contributed by atoms with Crippen LogP contribution < -0.4 is 5.32 Å². The van der Waals surface area contributed by atoms with Crippen molar-refractivity contribution in [3.8, 4) is 6.07 Å². The summed E-state index contributed by atoms with van der Waals surface area (Å²) >= 11 is 0. The summed E-state index contributed by atoms with van der Waals surface area (Å²) in [6, 6.07) is 9.67. The average Bonchev–Trinajstić information content (AvgIpc) is 2.59. The quantitative estimate of drug-likeness (QED) is 0.541. The molecule has 0 radical (unpaired) electrons. The van der Waals surface area contributed by atoms with Crippen LogP contribution in [-0.4, -0.2) is 32.8 Å². The van der Waals surface area contributed by atoms with Crippen LogP contribution in [0, 0.1) is 21.4 Å². The lowest BCUT2D eigenvalue weighted by atomic mass is 10.0. The third-order valence-electron chi connectivity index (χ3n) is 3.27. The first-order valence-corrected chi connectivity index (χ1v) is 6.71. The number of aromatic nitrogens is 1. The summed E-state index contributed by atoms with van der Waals surface area (Å²) in [7, 11) is 0. The number of aliphatic hydroxyl groups excluding tert-OH is 2. The number of non-ortho nitro benzene ring substituents is 1. The summed E-state index contributed by atoms with van der Waals surface area (Å²) in [5.74, 6) is 0.245. The molecule has 0 aliphatic heterocycles. The molecule has 0 saturated carbocycles. The molecular weight excluding hydrogens is 300 g/mol. The maximum Gasteiger partial charge on any atom is 0.269 e. The molecule has 8 nitrogen and oxygen atoms in total. The molecule has 1 heterocycles. The lowest BCUT2D eigenvalue weighted by molar-refractivity contribution is -0.384. The van der Waals surface area contributed by atoms with E-state index in [2.05, 4.69) is 10.3 Å². The van der Waals surface area contributed by atoms with E-state index in [0.29, 0.717) is 5.56 Å². The molecule has 8 heteroatoms. The van der Waals surface area contributed by atoms with Gasteiger partial charge in [0.1, 0.15) is 18.0 Å². The Labute approximate surface area is 131 Å². The van der Waals surface area contributed by atoms with Crippen LogP contribution in [0.5, 0.6) is 0 Å². The fourth-order valence-corrected chi connectivity index (χ4v) is 2.04. The number of nitro groups is 1. The van der Waals surface area contributed by atoms with Crippen molar-refractivity contribution in [1.82, 2.24) is 4.98 Å². The number of hydrogen-bond donors (Lipinski definition) is 3. The molecule has 0 aliphatic rings. The second-order valence-corrected chi connectivity index (χ2v) is 4.74. The first-order valence-electron chi connectivity index (χ1n) is 6.71. The molecule has 23 heavy (non-hydrogen) atoms. The largest absolute Gasteiger partial charge is 0.394 e. The Hall–Kier alpha value is -3.02. The SMILES string of the molecule is N#Cc1cccnc1NC(CO)C(O)c1ccc([N+](=O)[O-])cc1. The summed E-state index contributed by atoms with van der Waals surface area (Å²) in [5, 5.41) is 42.3. The summed E-state index contributed by atoms with van der Waals surface area (Å²) < 4.78 is 0. The van der Waals surface area contributed by atoms with Crippen molar-refractivity contribution >= 4 is 11.5 Å². The Morgan fingerprint density at radius 2 is 2.04 bits per heavy atom. The summed E-state index contributed by atoms with van der Waals surface area (Å²) in [5.41, 5.74) is 0.587. The third kappa shape index (κ3) is 3.79. The molecule has 0 fully saturated rings. The lowest BCUT2D eigenvalue weighted by Gasteiger charge is -2.23.